The third-order valence-electron chi connectivity index (χ3n) is 6.52. The maximum atomic E-state index is 14.0. The van der Waals surface area contributed by atoms with Gasteiger partial charge in [-0.2, -0.15) is 0 Å². The number of benzene rings is 3. The summed E-state index contributed by atoms with van der Waals surface area (Å²) >= 11 is 0. The van der Waals surface area contributed by atoms with Gasteiger partial charge in [-0.1, -0.05) is 35.9 Å². The summed E-state index contributed by atoms with van der Waals surface area (Å²) in [6.45, 7) is 7.04. The minimum absolute atomic E-state index is 0.0351. The molecule has 0 aliphatic heterocycles. The van der Waals surface area contributed by atoms with Gasteiger partial charge < -0.3 is 19.7 Å². The number of nitrogens with one attached hydrogen (secondary N) is 1. The Labute approximate surface area is 236 Å². The topological polar surface area (TPSA) is 105 Å². The van der Waals surface area contributed by atoms with Crippen LogP contribution in [0.25, 0.3) is 0 Å². The summed E-state index contributed by atoms with van der Waals surface area (Å²) < 4.78 is 39.8. The van der Waals surface area contributed by atoms with Crippen LogP contribution in [0.4, 0.5) is 5.69 Å². The maximum Gasteiger partial charge on any atom is 0.264 e. The average Bonchev–Trinajstić information content (AvgIpc) is 2.94. The summed E-state index contributed by atoms with van der Waals surface area (Å²) in [5, 5.41) is 2.75. The smallest absolute Gasteiger partial charge is 0.264 e. The van der Waals surface area contributed by atoms with Crippen molar-refractivity contribution in [2.75, 3.05) is 31.6 Å². The quantitative estimate of drug-likeness (QED) is 0.354. The van der Waals surface area contributed by atoms with Gasteiger partial charge in [0.25, 0.3) is 10.0 Å². The summed E-state index contributed by atoms with van der Waals surface area (Å²) in [5.41, 5.74) is 2.67. The molecular formula is C30H37N3O6S. The van der Waals surface area contributed by atoms with Gasteiger partial charge in [0.1, 0.15) is 24.1 Å². The molecule has 1 unspecified atom stereocenters. The second-order valence-corrected chi connectivity index (χ2v) is 11.3. The van der Waals surface area contributed by atoms with Crippen LogP contribution < -0.4 is 19.1 Å². The van der Waals surface area contributed by atoms with Crippen molar-refractivity contribution in [1.82, 2.24) is 10.2 Å². The van der Waals surface area contributed by atoms with Gasteiger partial charge in [-0.15, -0.1) is 0 Å². The number of sulfonamides is 1. The normalized spacial score (nSPS) is 11.8. The first-order valence-corrected chi connectivity index (χ1v) is 14.4. The number of carbonyl (C=O) groups is 2. The number of hydrogen-bond donors (Lipinski definition) is 1. The number of nitrogens with zero attached hydrogens (tertiary/aromatic N) is 2. The zero-order valence-corrected chi connectivity index (χ0v) is 24.6. The van der Waals surface area contributed by atoms with Gasteiger partial charge in [-0.25, -0.2) is 8.42 Å². The molecule has 3 aromatic carbocycles. The highest BCUT2D eigenvalue weighted by atomic mass is 32.2. The number of anilines is 1. The molecule has 40 heavy (non-hydrogen) atoms. The van der Waals surface area contributed by atoms with Gasteiger partial charge in [-0.05, 0) is 75.2 Å². The maximum absolute atomic E-state index is 14.0. The zero-order valence-electron chi connectivity index (χ0n) is 23.8. The minimum atomic E-state index is -4.20. The first-order valence-electron chi connectivity index (χ1n) is 13.0. The van der Waals surface area contributed by atoms with E-state index in [0.717, 1.165) is 21.0 Å². The average molecular weight is 568 g/mol. The van der Waals surface area contributed by atoms with Crippen molar-refractivity contribution >= 4 is 27.5 Å². The Hall–Kier alpha value is -4.05. The number of hydrogen-bond acceptors (Lipinski definition) is 6. The predicted molar refractivity (Wildman–Crippen MR) is 155 cm³/mol. The Balaban J connectivity index is 2.09. The largest absolute Gasteiger partial charge is 0.497 e. The molecule has 0 spiro atoms. The van der Waals surface area contributed by atoms with E-state index < -0.39 is 28.5 Å². The van der Waals surface area contributed by atoms with E-state index in [4.69, 9.17) is 9.47 Å². The van der Waals surface area contributed by atoms with E-state index in [1.54, 1.807) is 75.6 Å². The van der Waals surface area contributed by atoms with Crippen molar-refractivity contribution < 1.29 is 27.5 Å². The van der Waals surface area contributed by atoms with Gasteiger partial charge in [0.15, 0.2) is 0 Å². The second-order valence-electron chi connectivity index (χ2n) is 9.44. The summed E-state index contributed by atoms with van der Waals surface area (Å²) in [6.07, 6.45) is 0. The molecule has 0 aromatic heterocycles. The van der Waals surface area contributed by atoms with E-state index >= 15 is 0 Å². The molecule has 10 heteroatoms. The molecule has 0 heterocycles. The number of carbonyl (C=O) groups excluding carboxylic acids is 2. The van der Waals surface area contributed by atoms with Crippen LogP contribution in [-0.2, 0) is 26.2 Å². The molecule has 0 radical (unpaired) electrons. The molecular weight excluding hydrogens is 530 g/mol. The van der Waals surface area contributed by atoms with Crippen LogP contribution in [0.5, 0.6) is 11.5 Å². The summed E-state index contributed by atoms with van der Waals surface area (Å²) in [6, 6.07) is 17.8. The first-order chi connectivity index (χ1) is 19.0. The molecule has 3 aromatic rings. The van der Waals surface area contributed by atoms with Crippen LogP contribution in [0, 0.1) is 13.8 Å². The van der Waals surface area contributed by atoms with Gasteiger partial charge >= 0.3 is 0 Å². The lowest BCUT2D eigenvalue weighted by atomic mass is 10.1. The number of methoxy groups -OCH3 is 2. The third-order valence-corrected chi connectivity index (χ3v) is 8.30. The number of rotatable bonds is 12. The molecule has 0 bridgehead atoms. The Kier molecular flexibility index (Phi) is 10.2. The van der Waals surface area contributed by atoms with Gasteiger partial charge in [0, 0.05) is 13.1 Å². The minimum Gasteiger partial charge on any atom is -0.497 e. The third kappa shape index (κ3) is 7.12. The van der Waals surface area contributed by atoms with Crippen molar-refractivity contribution in [2.45, 2.75) is 45.2 Å². The van der Waals surface area contributed by atoms with Crippen LogP contribution in [-0.4, -0.2) is 58.5 Å². The fourth-order valence-electron chi connectivity index (χ4n) is 4.18. The van der Waals surface area contributed by atoms with Crippen molar-refractivity contribution in [3.8, 4) is 11.5 Å². The Morgan fingerprint density at radius 2 is 1.52 bits per heavy atom. The molecule has 214 valence electrons. The monoisotopic (exact) mass is 567 g/mol. The number of likely N-dealkylation sites (N-methyl/N-ethyl adjacent to an activating group) is 1. The van der Waals surface area contributed by atoms with Gasteiger partial charge in [-0.3, -0.25) is 13.9 Å². The van der Waals surface area contributed by atoms with Gasteiger partial charge in [0.05, 0.1) is 24.8 Å². The lowest BCUT2D eigenvalue weighted by Gasteiger charge is -2.32. The second kappa shape index (κ2) is 13.3. The van der Waals surface area contributed by atoms with Crippen LogP contribution >= 0.6 is 0 Å². The number of amides is 2. The van der Waals surface area contributed by atoms with E-state index in [1.807, 2.05) is 13.8 Å². The fourth-order valence-corrected chi connectivity index (χ4v) is 5.59. The Bertz CT molecular complexity index is 1420. The van der Waals surface area contributed by atoms with E-state index in [1.165, 1.54) is 24.1 Å². The molecule has 3 rings (SSSR count). The Morgan fingerprint density at radius 1 is 0.900 bits per heavy atom. The van der Waals surface area contributed by atoms with Crippen LogP contribution in [0.15, 0.2) is 71.6 Å². The number of aryl methyl sites for hydroxylation is 2. The molecule has 0 fully saturated rings. The lowest BCUT2D eigenvalue weighted by molar-refractivity contribution is -0.139. The molecule has 9 nitrogen and oxygen atoms in total. The van der Waals surface area contributed by atoms with Crippen molar-refractivity contribution in [3.05, 3.63) is 83.4 Å². The molecule has 0 aliphatic rings. The number of ether oxygens (including phenoxy) is 2. The summed E-state index contributed by atoms with van der Waals surface area (Å²) in [5.74, 6) is 0.0622. The standard InChI is InChI=1S/C30H37N3O6S/c1-7-31-30(35)23(4)32(19-24-11-13-25(38-5)14-12-24)29(34)20-33(27-18-22(3)10-17-28(27)39-6)40(36,37)26-15-8-21(2)9-16-26/h8-18,23H,7,19-20H2,1-6H3,(H,31,35). The summed E-state index contributed by atoms with van der Waals surface area (Å²) in [7, 11) is -1.19. The first kappa shape index (κ1) is 30.5. The van der Waals surface area contributed by atoms with Crippen LogP contribution in [0.2, 0.25) is 0 Å². The predicted octanol–water partition coefficient (Wildman–Crippen LogP) is 4.07. The zero-order chi connectivity index (χ0) is 29.4. The van der Waals surface area contributed by atoms with Crippen LogP contribution in [0.1, 0.15) is 30.5 Å². The molecule has 2 amide bonds. The molecule has 0 aliphatic carbocycles. The molecule has 1 N–H and O–H groups in total. The van der Waals surface area contributed by atoms with E-state index in [0.29, 0.717) is 18.0 Å². The molecule has 0 saturated carbocycles. The van der Waals surface area contributed by atoms with Crippen molar-refractivity contribution in [2.24, 2.45) is 0 Å². The van der Waals surface area contributed by atoms with Crippen molar-refractivity contribution in [1.29, 1.82) is 0 Å². The van der Waals surface area contributed by atoms with E-state index in [9.17, 15) is 18.0 Å². The van der Waals surface area contributed by atoms with E-state index in [-0.39, 0.29) is 23.0 Å². The Morgan fingerprint density at radius 3 is 2.10 bits per heavy atom. The highest BCUT2D eigenvalue weighted by molar-refractivity contribution is 7.92. The lowest BCUT2D eigenvalue weighted by Crippen LogP contribution is -2.51. The van der Waals surface area contributed by atoms with Gasteiger partial charge in [0.2, 0.25) is 11.8 Å². The highest BCUT2D eigenvalue weighted by Crippen LogP contribution is 2.34. The SMILES string of the molecule is CCNC(=O)C(C)N(Cc1ccc(OC)cc1)C(=O)CN(c1cc(C)ccc1OC)S(=O)(=O)c1ccc(C)cc1. The molecule has 0 saturated heterocycles. The fraction of sp³-hybridized carbons (Fsp3) is 0.333. The van der Waals surface area contributed by atoms with Crippen molar-refractivity contribution in [3.63, 3.8) is 0 Å². The van der Waals surface area contributed by atoms with Crippen LogP contribution in [0.3, 0.4) is 0 Å². The molecule has 1 atom stereocenters. The highest BCUT2D eigenvalue weighted by Gasteiger charge is 2.33. The summed E-state index contributed by atoms with van der Waals surface area (Å²) in [4.78, 5) is 28.3. The van der Waals surface area contributed by atoms with E-state index in [2.05, 4.69) is 5.32 Å².